The summed E-state index contributed by atoms with van der Waals surface area (Å²) in [6.07, 6.45) is 0.864. The Morgan fingerprint density at radius 2 is 1.96 bits per heavy atom. The molecule has 5 nitrogen and oxygen atoms in total. The van der Waals surface area contributed by atoms with Crippen molar-refractivity contribution >= 4 is 23.4 Å². The Bertz CT molecular complexity index is 882. The van der Waals surface area contributed by atoms with Crippen molar-refractivity contribution in [2.45, 2.75) is 25.0 Å². The molecule has 0 saturated heterocycles. The number of carbonyl (C=O) groups excluding carboxylic acids is 1. The van der Waals surface area contributed by atoms with Crippen molar-refractivity contribution in [3.8, 4) is 0 Å². The maximum Gasteiger partial charge on any atom is 0.234 e. The topological polar surface area (TPSA) is 59.8 Å². The third-order valence-corrected chi connectivity index (χ3v) is 4.78. The Morgan fingerprint density at radius 3 is 2.73 bits per heavy atom. The zero-order chi connectivity index (χ0) is 18.4. The van der Waals surface area contributed by atoms with Crippen LogP contribution in [0.2, 0.25) is 0 Å². The van der Waals surface area contributed by atoms with Gasteiger partial charge in [0.15, 0.2) is 5.16 Å². The lowest BCUT2D eigenvalue weighted by atomic mass is 10.1. The number of hydrogen-bond donors (Lipinski definition) is 1. The zero-order valence-electron chi connectivity index (χ0n) is 14.4. The predicted molar refractivity (Wildman–Crippen MR) is 101 cm³/mol. The number of anilines is 1. The molecule has 1 heterocycles. The Morgan fingerprint density at radius 1 is 1.15 bits per heavy atom. The van der Waals surface area contributed by atoms with Gasteiger partial charge in [-0.2, -0.15) is 0 Å². The molecule has 0 bridgehead atoms. The van der Waals surface area contributed by atoms with Gasteiger partial charge in [-0.1, -0.05) is 48.2 Å². The minimum Gasteiger partial charge on any atom is -0.325 e. The summed E-state index contributed by atoms with van der Waals surface area (Å²) in [5, 5.41) is 11.7. The summed E-state index contributed by atoms with van der Waals surface area (Å²) in [5.41, 5.74) is 1.68. The molecular formula is C19H19FN4OS. The summed E-state index contributed by atoms with van der Waals surface area (Å²) in [4.78, 5) is 12.1. The SMILES string of the molecule is Cc1nnc(SCC(=O)Nc2cccc(F)c2)n1CCc1ccccc1. The van der Waals surface area contributed by atoms with Gasteiger partial charge in [0.1, 0.15) is 11.6 Å². The molecule has 0 atom stereocenters. The molecule has 0 aliphatic carbocycles. The van der Waals surface area contributed by atoms with E-state index in [0.717, 1.165) is 18.8 Å². The van der Waals surface area contributed by atoms with Gasteiger partial charge in [0.25, 0.3) is 0 Å². The summed E-state index contributed by atoms with van der Waals surface area (Å²) in [6.45, 7) is 2.64. The minimum atomic E-state index is -0.383. The highest BCUT2D eigenvalue weighted by molar-refractivity contribution is 7.99. The molecule has 3 aromatic rings. The van der Waals surface area contributed by atoms with Gasteiger partial charge in [0, 0.05) is 12.2 Å². The molecule has 0 spiro atoms. The molecule has 0 saturated carbocycles. The van der Waals surface area contributed by atoms with E-state index in [1.807, 2.05) is 29.7 Å². The summed E-state index contributed by atoms with van der Waals surface area (Å²) in [5.74, 6) is 0.400. The number of nitrogens with one attached hydrogen (secondary N) is 1. The fourth-order valence-corrected chi connectivity index (χ4v) is 3.31. The number of benzene rings is 2. The normalized spacial score (nSPS) is 10.7. The Hall–Kier alpha value is -2.67. The van der Waals surface area contributed by atoms with Crippen LogP contribution in [0.25, 0.3) is 0 Å². The molecule has 1 amide bonds. The van der Waals surface area contributed by atoms with Crippen LogP contribution in [0, 0.1) is 12.7 Å². The molecular weight excluding hydrogens is 351 g/mol. The van der Waals surface area contributed by atoms with E-state index in [9.17, 15) is 9.18 Å². The average Bonchev–Trinajstić information content (AvgIpc) is 2.99. The molecule has 3 rings (SSSR count). The van der Waals surface area contributed by atoms with Crippen LogP contribution in [0.4, 0.5) is 10.1 Å². The number of aromatic nitrogens is 3. The first-order valence-electron chi connectivity index (χ1n) is 8.24. The van der Waals surface area contributed by atoms with E-state index in [-0.39, 0.29) is 17.5 Å². The number of aryl methyl sites for hydroxylation is 2. The first-order chi connectivity index (χ1) is 12.6. The lowest BCUT2D eigenvalue weighted by molar-refractivity contribution is -0.113. The number of amides is 1. The van der Waals surface area contributed by atoms with Gasteiger partial charge in [-0.15, -0.1) is 10.2 Å². The third kappa shape index (κ3) is 4.92. The molecule has 134 valence electrons. The molecule has 0 aliphatic rings. The van der Waals surface area contributed by atoms with Gasteiger partial charge >= 0.3 is 0 Å². The Balaban J connectivity index is 1.57. The van der Waals surface area contributed by atoms with Gasteiger partial charge < -0.3 is 9.88 Å². The van der Waals surface area contributed by atoms with Crippen LogP contribution < -0.4 is 5.32 Å². The third-order valence-electron chi connectivity index (χ3n) is 3.81. The van der Waals surface area contributed by atoms with Gasteiger partial charge in [-0.05, 0) is 37.1 Å². The van der Waals surface area contributed by atoms with E-state index in [0.29, 0.717) is 10.8 Å². The summed E-state index contributed by atoms with van der Waals surface area (Å²) >= 11 is 1.32. The number of hydrogen-bond acceptors (Lipinski definition) is 4. The van der Waals surface area contributed by atoms with Crippen LogP contribution in [0.15, 0.2) is 59.8 Å². The summed E-state index contributed by atoms with van der Waals surface area (Å²) < 4.78 is 15.2. The predicted octanol–water partition coefficient (Wildman–Crippen LogP) is 3.70. The molecule has 0 fully saturated rings. The van der Waals surface area contributed by atoms with E-state index in [2.05, 4.69) is 27.6 Å². The van der Waals surface area contributed by atoms with E-state index in [1.54, 1.807) is 12.1 Å². The second kappa shape index (κ2) is 8.62. The van der Waals surface area contributed by atoms with Crippen molar-refractivity contribution in [2.75, 3.05) is 11.1 Å². The zero-order valence-corrected chi connectivity index (χ0v) is 15.2. The van der Waals surface area contributed by atoms with Crippen molar-refractivity contribution in [1.82, 2.24) is 14.8 Å². The lowest BCUT2D eigenvalue weighted by Gasteiger charge is -2.09. The van der Waals surface area contributed by atoms with Crippen molar-refractivity contribution in [2.24, 2.45) is 0 Å². The highest BCUT2D eigenvalue weighted by Gasteiger charge is 2.12. The van der Waals surface area contributed by atoms with Crippen molar-refractivity contribution < 1.29 is 9.18 Å². The smallest absolute Gasteiger partial charge is 0.234 e. The number of halogens is 1. The van der Waals surface area contributed by atoms with Crippen molar-refractivity contribution in [1.29, 1.82) is 0 Å². The van der Waals surface area contributed by atoms with Gasteiger partial charge in [0.2, 0.25) is 5.91 Å². The molecule has 7 heteroatoms. The first kappa shape index (κ1) is 18.1. The highest BCUT2D eigenvalue weighted by Crippen LogP contribution is 2.18. The molecule has 0 radical (unpaired) electrons. The van der Waals surface area contributed by atoms with E-state index >= 15 is 0 Å². The number of nitrogens with zero attached hydrogens (tertiary/aromatic N) is 3. The van der Waals surface area contributed by atoms with Crippen LogP contribution in [-0.4, -0.2) is 26.4 Å². The molecule has 2 aromatic carbocycles. The minimum absolute atomic E-state index is 0.181. The number of thioether (sulfide) groups is 1. The van der Waals surface area contributed by atoms with Crippen LogP contribution in [0.5, 0.6) is 0 Å². The van der Waals surface area contributed by atoms with Gasteiger partial charge in [-0.3, -0.25) is 4.79 Å². The van der Waals surface area contributed by atoms with Crippen LogP contribution in [0.1, 0.15) is 11.4 Å². The van der Waals surface area contributed by atoms with E-state index in [1.165, 1.54) is 29.5 Å². The van der Waals surface area contributed by atoms with Crippen LogP contribution >= 0.6 is 11.8 Å². The maximum atomic E-state index is 13.2. The Labute approximate surface area is 155 Å². The van der Waals surface area contributed by atoms with Gasteiger partial charge in [0.05, 0.1) is 5.75 Å². The maximum absolute atomic E-state index is 13.2. The van der Waals surface area contributed by atoms with Gasteiger partial charge in [-0.25, -0.2) is 4.39 Å². The van der Waals surface area contributed by atoms with Crippen LogP contribution in [-0.2, 0) is 17.8 Å². The fraction of sp³-hybridized carbons (Fsp3) is 0.211. The summed E-state index contributed by atoms with van der Waals surface area (Å²) in [6, 6.07) is 16.0. The molecule has 0 aliphatic heterocycles. The second-order valence-corrected chi connectivity index (χ2v) is 6.71. The average molecular weight is 370 g/mol. The monoisotopic (exact) mass is 370 g/mol. The van der Waals surface area contributed by atoms with Crippen LogP contribution in [0.3, 0.4) is 0 Å². The Kier molecular flexibility index (Phi) is 6.01. The fourth-order valence-electron chi connectivity index (χ4n) is 2.50. The second-order valence-electron chi connectivity index (χ2n) is 5.76. The first-order valence-corrected chi connectivity index (χ1v) is 9.22. The van der Waals surface area contributed by atoms with Crippen molar-refractivity contribution in [3.05, 3.63) is 71.8 Å². The largest absolute Gasteiger partial charge is 0.325 e. The molecule has 26 heavy (non-hydrogen) atoms. The highest BCUT2D eigenvalue weighted by atomic mass is 32.2. The standard InChI is InChI=1S/C19H19FN4OS/c1-14-22-23-19(24(14)11-10-15-6-3-2-4-7-15)26-13-18(25)21-17-9-5-8-16(20)12-17/h2-9,12H,10-11,13H2,1H3,(H,21,25). The van der Waals surface area contributed by atoms with E-state index in [4.69, 9.17) is 0 Å². The molecule has 0 unspecified atom stereocenters. The van der Waals surface area contributed by atoms with Crippen molar-refractivity contribution in [3.63, 3.8) is 0 Å². The quantitative estimate of drug-likeness (QED) is 0.644. The molecule has 1 aromatic heterocycles. The summed E-state index contributed by atoms with van der Waals surface area (Å²) in [7, 11) is 0. The number of rotatable bonds is 7. The lowest BCUT2D eigenvalue weighted by Crippen LogP contribution is -2.15. The number of carbonyl (C=O) groups is 1. The molecule has 1 N–H and O–H groups in total. The van der Waals surface area contributed by atoms with E-state index < -0.39 is 0 Å².